The molecular weight excluding hydrogens is 274 g/mol. The number of ether oxygens (including phenoxy) is 1. The highest BCUT2D eigenvalue weighted by Gasteiger charge is 2.17. The van der Waals surface area contributed by atoms with Crippen molar-refractivity contribution in [3.63, 3.8) is 0 Å². The van der Waals surface area contributed by atoms with E-state index in [2.05, 4.69) is 63.1 Å². The lowest BCUT2D eigenvalue weighted by molar-refractivity contribution is 0.158. The predicted octanol–water partition coefficient (Wildman–Crippen LogP) is 3.25. The monoisotopic (exact) mass is 301 g/mol. The minimum Gasteiger partial charge on any atom is -0.383 e. The van der Waals surface area contributed by atoms with Gasteiger partial charge in [-0.1, -0.05) is 32.9 Å². The summed E-state index contributed by atoms with van der Waals surface area (Å²) in [4.78, 5) is 2.26. The lowest BCUT2D eigenvalue weighted by Crippen LogP contribution is -2.22. The fraction of sp³-hybridized carbons (Fsp3) is 0.500. The van der Waals surface area contributed by atoms with Crippen LogP contribution in [0.1, 0.15) is 32.0 Å². The van der Waals surface area contributed by atoms with Crippen molar-refractivity contribution in [2.75, 3.05) is 27.3 Å². The number of aromatic nitrogens is 2. The van der Waals surface area contributed by atoms with Crippen LogP contribution in [-0.4, -0.2) is 42.0 Å². The Morgan fingerprint density at radius 1 is 1.23 bits per heavy atom. The quantitative estimate of drug-likeness (QED) is 0.820. The first kappa shape index (κ1) is 16.7. The second kappa shape index (κ2) is 7.07. The molecule has 2 aromatic rings. The number of rotatable bonds is 6. The molecule has 0 aliphatic heterocycles. The molecule has 22 heavy (non-hydrogen) atoms. The highest BCUT2D eigenvalue weighted by atomic mass is 16.5. The molecular formula is C18H27N3O. The third kappa shape index (κ3) is 4.42. The number of benzene rings is 1. The van der Waals surface area contributed by atoms with Crippen LogP contribution in [0, 0.1) is 0 Å². The third-order valence-corrected chi connectivity index (χ3v) is 3.66. The number of hydrogen-bond acceptors (Lipinski definition) is 3. The van der Waals surface area contributed by atoms with E-state index in [0.29, 0.717) is 0 Å². The van der Waals surface area contributed by atoms with E-state index in [-0.39, 0.29) is 5.41 Å². The number of likely N-dealkylation sites (N-methyl/N-ethyl adjacent to an activating group) is 1. The largest absolute Gasteiger partial charge is 0.383 e. The van der Waals surface area contributed by atoms with E-state index in [1.54, 1.807) is 7.11 Å². The predicted molar refractivity (Wildman–Crippen MR) is 90.5 cm³/mol. The van der Waals surface area contributed by atoms with Crippen molar-refractivity contribution in [3.05, 3.63) is 47.8 Å². The zero-order chi connectivity index (χ0) is 16.2. The second-order valence-electron chi connectivity index (χ2n) is 6.80. The van der Waals surface area contributed by atoms with Crippen LogP contribution < -0.4 is 0 Å². The molecule has 0 aliphatic rings. The zero-order valence-corrected chi connectivity index (χ0v) is 14.3. The highest BCUT2D eigenvalue weighted by Crippen LogP contribution is 2.21. The van der Waals surface area contributed by atoms with Gasteiger partial charge in [0, 0.05) is 31.8 Å². The molecule has 4 nitrogen and oxygen atoms in total. The molecule has 0 amide bonds. The third-order valence-electron chi connectivity index (χ3n) is 3.66. The van der Waals surface area contributed by atoms with Crippen molar-refractivity contribution in [2.24, 2.45) is 0 Å². The molecule has 1 aromatic heterocycles. The van der Waals surface area contributed by atoms with Gasteiger partial charge in [0.2, 0.25) is 0 Å². The molecule has 0 saturated heterocycles. The molecule has 0 spiro atoms. The Hall–Kier alpha value is -1.65. The van der Waals surface area contributed by atoms with Crippen molar-refractivity contribution in [3.8, 4) is 5.69 Å². The molecule has 0 N–H and O–H groups in total. The Kier molecular flexibility index (Phi) is 5.37. The number of methoxy groups -OCH3 is 1. The van der Waals surface area contributed by atoms with Crippen LogP contribution in [0.3, 0.4) is 0 Å². The van der Waals surface area contributed by atoms with Gasteiger partial charge in [0.25, 0.3) is 0 Å². The standard InChI is InChI=1S/C18H27N3O/c1-18(2,3)17-9-10-21(19-17)16-8-6-7-15(13-16)14-20(4)11-12-22-5/h6-10,13H,11-12,14H2,1-5H3. The average molecular weight is 301 g/mol. The molecule has 0 fully saturated rings. The van der Waals surface area contributed by atoms with Crippen molar-refractivity contribution in [1.82, 2.24) is 14.7 Å². The summed E-state index contributed by atoms with van der Waals surface area (Å²) in [6.45, 7) is 9.13. The minimum absolute atomic E-state index is 0.0726. The Balaban J connectivity index is 2.13. The molecule has 0 saturated carbocycles. The van der Waals surface area contributed by atoms with E-state index in [0.717, 1.165) is 31.1 Å². The van der Waals surface area contributed by atoms with Crippen molar-refractivity contribution in [2.45, 2.75) is 32.7 Å². The fourth-order valence-electron chi connectivity index (χ4n) is 2.30. The van der Waals surface area contributed by atoms with E-state index in [1.807, 2.05) is 10.9 Å². The fourth-order valence-corrected chi connectivity index (χ4v) is 2.30. The lowest BCUT2D eigenvalue weighted by Gasteiger charge is -2.17. The summed E-state index contributed by atoms with van der Waals surface area (Å²) in [7, 11) is 3.84. The molecule has 2 rings (SSSR count). The molecule has 1 aromatic carbocycles. The topological polar surface area (TPSA) is 30.3 Å². The number of nitrogens with zero attached hydrogens (tertiary/aromatic N) is 3. The summed E-state index contributed by atoms with van der Waals surface area (Å²) in [5.74, 6) is 0. The highest BCUT2D eigenvalue weighted by molar-refractivity contribution is 5.35. The first-order valence-corrected chi connectivity index (χ1v) is 7.73. The van der Waals surface area contributed by atoms with Crippen LogP contribution in [0.15, 0.2) is 36.5 Å². The smallest absolute Gasteiger partial charge is 0.0682 e. The van der Waals surface area contributed by atoms with Gasteiger partial charge in [-0.15, -0.1) is 0 Å². The molecule has 0 unspecified atom stereocenters. The van der Waals surface area contributed by atoms with E-state index in [1.165, 1.54) is 5.56 Å². The van der Waals surface area contributed by atoms with Crippen LogP contribution >= 0.6 is 0 Å². The van der Waals surface area contributed by atoms with Crippen LogP contribution in [0.25, 0.3) is 5.69 Å². The maximum absolute atomic E-state index is 5.12. The molecule has 0 radical (unpaired) electrons. The van der Waals surface area contributed by atoms with E-state index < -0.39 is 0 Å². The van der Waals surface area contributed by atoms with Gasteiger partial charge in [0.15, 0.2) is 0 Å². The SMILES string of the molecule is COCCN(C)Cc1cccc(-n2ccc(C(C)(C)C)n2)c1. The summed E-state index contributed by atoms with van der Waals surface area (Å²) < 4.78 is 7.08. The van der Waals surface area contributed by atoms with Gasteiger partial charge in [-0.3, -0.25) is 4.90 Å². The van der Waals surface area contributed by atoms with Crippen LogP contribution in [0.4, 0.5) is 0 Å². The van der Waals surface area contributed by atoms with Crippen LogP contribution in [0.2, 0.25) is 0 Å². The summed E-state index contributed by atoms with van der Waals surface area (Å²) in [5, 5.41) is 4.70. The second-order valence-corrected chi connectivity index (χ2v) is 6.80. The van der Waals surface area contributed by atoms with Gasteiger partial charge < -0.3 is 4.74 Å². The van der Waals surface area contributed by atoms with Crippen molar-refractivity contribution < 1.29 is 4.74 Å². The summed E-state index contributed by atoms with van der Waals surface area (Å²) in [5.41, 5.74) is 3.57. The Bertz CT molecular complexity index is 598. The Morgan fingerprint density at radius 2 is 2.00 bits per heavy atom. The van der Waals surface area contributed by atoms with Crippen LogP contribution in [0.5, 0.6) is 0 Å². The molecule has 120 valence electrons. The van der Waals surface area contributed by atoms with Gasteiger partial charge in [-0.05, 0) is 30.8 Å². The normalized spacial score (nSPS) is 12.1. The van der Waals surface area contributed by atoms with Crippen molar-refractivity contribution in [1.29, 1.82) is 0 Å². The minimum atomic E-state index is 0.0726. The van der Waals surface area contributed by atoms with Gasteiger partial charge >= 0.3 is 0 Å². The molecule has 1 heterocycles. The lowest BCUT2D eigenvalue weighted by atomic mass is 9.93. The first-order chi connectivity index (χ1) is 10.4. The maximum Gasteiger partial charge on any atom is 0.0682 e. The molecule has 0 aliphatic carbocycles. The zero-order valence-electron chi connectivity index (χ0n) is 14.3. The summed E-state index contributed by atoms with van der Waals surface area (Å²) >= 11 is 0. The van der Waals surface area contributed by atoms with Gasteiger partial charge in [-0.25, -0.2) is 4.68 Å². The van der Waals surface area contributed by atoms with Gasteiger partial charge in [0.05, 0.1) is 18.0 Å². The summed E-state index contributed by atoms with van der Waals surface area (Å²) in [6.07, 6.45) is 2.04. The van der Waals surface area contributed by atoms with E-state index >= 15 is 0 Å². The van der Waals surface area contributed by atoms with E-state index in [4.69, 9.17) is 9.84 Å². The van der Waals surface area contributed by atoms with Crippen molar-refractivity contribution >= 4 is 0 Å². The van der Waals surface area contributed by atoms with Gasteiger partial charge in [-0.2, -0.15) is 5.10 Å². The van der Waals surface area contributed by atoms with E-state index in [9.17, 15) is 0 Å². The maximum atomic E-state index is 5.12. The molecule has 0 bridgehead atoms. The Morgan fingerprint density at radius 3 is 2.64 bits per heavy atom. The van der Waals surface area contributed by atoms with Gasteiger partial charge in [0.1, 0.15) is 0 Å². The first-order valence-electron chi connectivity index (χ1n) is 7.73. The van der Waals surface area contributed by atoms with Crippen LogP contribution in [-0.2, 0) is 16.7 Å². The average Bonchev–Trinajstić information content (AvgIpc) is 2.95. The summed E-state index contributed by atoms with van der Waals surface area (Å²) in [6, 6.07) is 10.6. The number of hydrogen-bond donors (Lipinski definition) is 0. The molecule has 4 heteroatoms. The Labute approximate surface area is 133 Å². The molecule has 0 atom stereocenters.